The van der Waals surface area contributed by atoms with Crippen molar-refractivity contribution in [2.75, 3.05) is 19.7 Å². The van der Waals surface area contributed by atoms with Crippen LogP contribution in [0.4, 0.5) is 0 Å². The summed E-state index contributed by atoms with van der Waals surface area (Å²) in [5, 5.41) is 13.2. The van der Waals surface area contributed by atoms with Gasteiger partial charge in [0.1, 0.15) is 0 Å². The summed E-state index contributed by atoms with van der Waals surface area (Å²) in [5.41, 5.74) is 8.14. The van der Waals surface area contributed by atoms with Gasteiger partial charge < -0.3 is 14.7 Å². The van der Waals surface area contributed by atoms with Gasteiger partial charge in [-0.1, -0.05) is 5.11 Å². The zero-order chi connectivity index (χ0) is 13.5. The Balaban J connectivity index is 2.66. The van der Waals surface area contributed by atoms with E-state index in [2.05, 4.69) is 10.0 Å². The van der Waals surface area contributed by atoms with E-state index < -0.39 is 18.1 Å². The number of esters is 1. The fraction of sp³-hybridized carbons (Fsp3) is 0.800. The molecule has 1 amide bonds. The van der Waals surface area contributed by atoms with Crippen molar-refractivity contribution in [3.05, 3.63) is 10.4 Å². The summed E-state index contributed by atoms with van der Waals surface area (Å²) in [6.45, 7) is 2.33. The van der Waals surface area contributed by atoms with E-state index in [0.29, 0.717) is 13.0 Å². The molecule has 0 aromatic heterocycles. The number of hydrogen-bond acceptors (Lipinski definition) is 5. The lowest BCUT2D eigenvalue weighted by atomic mass is 10.0. The van der Waals surface area contributed by atoms with Crippen LogP contribution >= 0.6 is 0 Å². The monoisotopic (exact) mass is 256 g/mol. The Labute approximate surface area is 104 Å². The molecule has 100 valence electrons. The normalized spacial score (nSPS) is 17.4. The fourth-order valence-corrected chi connectivity index (χ4v) is 1.74. The Kier molecular flexibility index (Phi) is 5.41. The van der Waals surface area contributed by atoms with Crippen LogP contribution in [0.15, 0.2) is 5.11 Å². The summed E-state index contributed by atoms with van der Waals surface area (Å²) in [6, 6.07) is -1.000. The number of nitrogens with zero attached hydrogens (tertiary/aromatic N) is 4. The second kappa shape index (κ2) is 6.83. The molecule has 0 aliphatic carbocycles. The van der Waals surface area contributed by atoms with Crippen molar-refractivity contribution in [2.24, 2.45) is 5.11 Å². The predicted molar refractivity (Wildman–Crippen MR) is 61.4 cm³/mol. The van der Waals surface area contributed by atoms with E-state index in [1.165, 1.54) is 4.90 Å². The molecule has 1 aliphatic rings. The first kappa shape index (κ1) is 14.3. The molecule has 0 bridgehead atoms. The lowest BCUT2D eigenvalue weighted by Gasteiger charge is -2.38. The van der Waals surface area contributed by atoms with Crippen LogP contribution in [0.2, 0.25) is 0 Å². The highest BCUT2D eigenvalue weighted by Crippen LogP contribution is 2.19. The zero-order valence-electron chi connectivity index (χ0n) is 10.2. The molecule has 2 unspecified atom stereocenters. The Morgan fingerprint density at radius 3 is 2.89 bits per heavy atom. The van der Waals surface area contributed by atoms with Crippen LogP contribution in [-0.2, 0) is 14.3 Å². The number of aliphatic hydroxyl groups is 1. The molecule has 1 heterocycles. The van der Waals surface area contributed by atoms with Crippen LogP contribution in [0, 0.1) is 0 Å². The van der Waals surface area contributed by atoms with E-state index in [1.54, 1.807) is 6.92 Å². The molecule has 0 saturated carbocycles. The number of β-lactam (4-membered cyclic amide) rings is 1. The highest BCUT2D eigenvalue weighted by molar-refractivity contribution is 5.88. The van der Waals surface area contributed by atoms with Crippen molar-refractivity contribution in [3.63, 3.8) is 0 Å². The van der Waals surface area contributed by atoms with E-state index in [9.17, 15) is 14.7 Å². The molecule has 0 aromatic carbocycles. The molecule has 0 aromatic rings. The van der Waals surface area contributed by atoms with Gasteiger partial charge in [0.2, 0.25) is 5.91 Å². The number of carbonyl (C=O) groups excluding carboxylic acids is 2. The number of ether oxygens (including phenoxy) is 1. The second-order valence-electron chi connectivity index (χ2n) is 3.84. The van der Waals surface area contributed by atoms with Gasteiger partial charge in [-0.15, -0.1) is 0 Å². The predicted octanol–water partition coefficient (Wildman–Crippen LogP) is 0.212. The van der Waals surface area contributed by atoms with E-state index in [-0.39, 0.29) is 25.5 Å². The maximum Gasteiger partial charge on any atom is 0.331 e. The first-order valence-corrected chi connectivity index (χ1v) is 5.76. The average Bonchev–Trinajstić information content (AvgIpc) is 2.34. The van der Waals surface area contributed by atoms with Crippen LogP contribution < -0.4 is 0 Å². The van der Waals surface area contributed by atoms with Crippen molar-refractivity contribution in [1.82, 2.24) is 4.90 Å². The molecule has 8 nitrogen and oxygen atoms in total. The SMILES string of the molecule is CCOC(=O)C(C(O)CCN=[N+]=[N-])N1CCC1=O. The van der Waals surface area contributed by atoms with Crippen LogP contribution in [0.3, 0.4) is 0 Å². The van der Waals surface area contributed by atoms with Crippen LogP contribution in [0.1, 0.15) is 19.8 Å². The Morgan fingerprint density at radius 1 is 1.72 bits per heavy atom. The van der Waals surface area contributed by atoms with E-state index in [1.807, 2.05) is 0 Å². The van der Waals surface area contributed by atoms with E-state index >= 15 is 0 Å². The van der Waals surface area contributed by atoms with Gasteiger partial charge in [-0.05, 0) is 18.9 Å². The molecule has 0 spiro atoms. The summed E-state index contributed by atoms with van der Waals surface area (Å²) < 4.78 is 4.84. The minimum Gasteiger partial charge on any atom is -0.464 e. The molecule has 1 rings (SSSR count). The second-order valence-corrected chi connectivity index (χ2v) is 3.84. The van der Waals surface area contributed by atoms with Gasteiger partial charge in [-0.3, -0.25) is 4.79 Å². The van der Waals surface area contributed by atoms with Crippen LogP contribution in [0.5, 0.6) is 0 Å². The van der Waals surface area contributed by atoms with Crippen molar-refractivity contribution >= 4 is 11.9 Å². The number of hydrogen-bond donors (Lipinski definition) is 1. The molecular weight excluding hydrogens is 240 g/mol. The summed E-state index contributed by atoms with van der Waals surface area (Å²) in [7, 11) is 0. The summed E-state index contributed by atoms with van der Waals surface area (Å²) in [4.78, 5) is 26.9. The Morgan fingerprint density at radius 2 is 2.44 bits per heavy atom. The molecule has 8 heteroatoms. The molecule has 1 N–H and O–H groups in total. The van der Waals surface area contributed by atoms with Crippen LogP contribution in [0.25, 0.3) is 10.4 Å². The largest absolute Gasteiger partial charge is 0.464 e. The molecule has 1 fully saturated rings. The van der Waals surface area contributed by atoms with Crippen molar-refractivity contribution < 1.29 is 19.4 Å². The topological polar surface area (TPSA) is 116 Å². The number of rotatable bonds is 7. The van der Waals surface area contributed by atoms with Gasteiger partial charge >= 0.3 is 5.97 Å². The summed E-state index contributed by atoms with van der Waals surface area (Å²) in [6.07, 6.45) is -0.602. The molecular formula is C10H16N4O4. The van der Waals surface area contributed by atoms with E-state index in [0.717, 1.165) is 0 Å². The van der Waals surface area contributed by atoms with Gasteiger partial charge in [0.05, 0.1) is 12.7 Å². The lowest BCUT2D eigenvalue weighted by molar-refractivity contribution is -0.165. The molecule has 18 heavy (non-hydrogen) atoms. The molecule has 2 atom stereocenters. The first-order valence-electron chi connectivity index (χ1n) is 5.76. The third kappa shape index (κ3) is 3.35. The van der Waals surface area contributed by atoms with Gasteiger partial charge in [0, 0.05) is 24.4 Å². The van der Waals surface area contributed by atoms with Crippen molar-refractivity contribution in [2.45, 2.75) is 31.9 Å². The highest BCUT2D eigenvalue weighted by Gasteiger charge is 2.40. The van der Waals surface area contributed by atoms with Gasteiger partial charge in [0.15, 0.2) is 6.04 Å². The Bertz CT molecular complexity index is 367. The molecule has 1 saturated heterocycles. The zero-order valence-corrected chi connectivity index (χ0v) is 10.2. The van der Waals surface area contributed by atoms with Gasteiger partial charge in [-0.25, -0.2) is 4.79 Å². The van der Waals surface area contributed by atoms with Gasteiger partial charge in [-0.2, -0.15) is 0 Å². The number of carbonyl (C=O) groups is 2. The third-order valence-electron chi connectivity index (χ3n) is 2.70. The quantitative estimate of drug-likeness (QED) is 0.230. The molecule has 0 radical (unpaired) electrons. The third-order valence-corrected chi connectivity index (χ3v) is 2.70. The minimum absolute atomic E-state index is 0.0651. The van der Waals surface area contributed by atoms with Gasteiger partial charge in [0.25, 0.3) is 0 Å². The summed E-state index contributed by atoms with van der Waals surface area (Å²) in [5.74, 6) is -0.810. The molecule has 1 aliphatic heterocycles. The number of amides is 1. The van der Waals surface area contributed by atoms with E-state index in [4.69, 9.17) is 10.3 Å². The smallest absolute Gasteiger partial charge is 0.331 e. The maximum atomic E-state index is 11.7. The van der Waals surface area contributed by atoms with Crippen LogP contribution in [-0.4, -0.2) is 53.7 Å². The maximum absolute atomic E-state index is 11.7. The minimum atomic E-state index is -1.08. The fourth-order valence-electron chi connectivity index (χ4n) is 1.74. The first-order chi connectivity index (χ1) is 8.61. The average molecular weight is 256 g/mol. The number of aliphatic hydroxyl groups excluding tert-OH is 1. The number of likely N-dealkylation sites (tertiary alicyclic amines) is 1. The lowest BCUT2D eigenvalue weighted by Crippen LogP contribution is -2.58. The summed E-state index contributed by atoms with van der Waals surface area (Å²) >= 11 is 0. The highest BCUT2D eigenvalue weighted by atomic mass is 16.5. The standard InChI is InChI=1S/C10H16N4O4/c1-2-18-10(17)9(14-6-4-8(14)16)7(15)3-5-12-13-11/h7,9,15H,2-6H2,1H3. The Hall–Kier alpha value is -1.79. The van der Waals surface area contributed by atoms with Crippen molar-refractivity contribution in [1.29, 1.82) is 0 Å². The van der Waals surface area contributed by atoms with Crippen molar-refractivity contribution in [3.8, 4) is 0 Å². The number of azide groups is 1.